The Balaban J connectivity index is 1.90. The molecule has 1 unspecified atom stereocenters. The lowest BCUT2D eigenvalue weighted by molar-refractivity contribution is -0.120. The highest BCUT2D eigenvalue weighted by Crippen LogP contribution is 2.31. The minimum Gasteiger partial charge on any atom is -0.338 e. The predicted molar refractivity (Wildman–Crippen MR) is 75.5 cm³/mol. The molecule has 110 valence electrons. The van der Waals surface area contributed by atoms with E-state index >= 15 is 0 Å². The molecule has 1 aromatic carbocycles. The lowest BCUT2D eigenvalue weighted by Crippen LogP contribution is -2.10. The van der Waals surface area contributed by atoms with Crippen LogP contribution in [-0.2, 0) is 4.79 Å². The summed E-state index contributed by atoms with van der Waals surface area (Å²) in [7, 11) is 0. The predicted octanol–water partition coefficient (Wildman–Crippen LogP) is 4.15. The fourth-order valence-corrected chi connectivity index (χ4v) is 2.83. The van der Waals surface area contributed by atoms with Gasteiger partial charge < -0.3 is 4.52 Å². The molecule has 0 aliphatic heterocycles. The standard InChI is InChI=1S/C15H14ClFN2O2/c16-12-8-9(17)6-7-10(12)14-18-15(21-19-14)11-4-2-1-3-5-13(11)20/h6-8,11H,1-5H2. The first-order valence-corrected chi connectivity index (χ1v) is 7.34. The Bertz CT molecular complexity index is 671. The maximum Gasteiger partial charge on any atom is 0.237 e. The van der Waals surface area contributed by atoms with Crippen LogP contribution >= 0.6 is 11.6 Å². The molecule has 0 radical (unpaired) electrons. The van der Waals surface area contributed by atoms with Gasteiger partial charge in [0, 0.05) is 12.0 Å². The Morgan fingerprint density at radius 2 is 2.14 bits per heavy atom. The van der Waals surface area contributed by atoms with Crippen LogP contribution in [0.2, 0.25) is 5.02 Å². The summed E-state index contributed by atoms with van der Waals surface area (Å²) in [5.41, 5.74) is 0.495. The summed E-state index contributed by atoms with van der Waals surface area (Å²) < 4.78 is 18.3. The third kappa shape index (κ3) is 2.97. The molecule has 1 aliphatic carbocycles. The fourth-order valence-electron chi connectivity index (χ4n) is 2.58. The van der Waals surface area contributed by atoms with Gasteiger partial charge in [-0.2, -0.15) is 4.98 Å². The van der Waals surface area contributed by atoms with Crippen LogP contribution in [0.15, 0.2) is 22.7 Å². The summed E-state index contributed by atoms with van der Waals surface area (Å²) in [5, 5.41) is 4.09. The van der Waals surface area contributed by atoms with E-state index in [1.54, 1.807) is 0 Å². The van der Waals surface area contributed by atoms with Crippen molar-refractivity contribution in [1.29, 1.82) is 0 Å². The van der Waals surface area contributed by atoms with Crippen LogP contribution in [0, 0.1) is 5.82 Å². The van der Waals surface area contributed by atoms with E-state index in [1.165, 1.54) is 18.2 Å². The highest BCUT2D eigenvalue weighted by molar-refractivity contribution is 6.33. The fraction of sp³-hybridized carbons (Fsp3) is 0.400. The van der Waals surface area contributed by atoms with Crippen molar-refractivity contribution in [3.63, 3.8) is 0 Å². The molecule has 1 aromatic heterocycles. The number of rotatable bonds is 2. The zero-order valence-electron chi connectivity index (χ0n) is 11.3. The number of ketones is 1. The van der Waals surface area contributed by atoms with E-state index in [0.29, 0.717) is 17.9 Å². The molecule has 0 bridgehead atoms. The third-order valence-electron chi connectivity index (χ3n) is 3.72. The maximum absolute atomic E-state index is 13.1. The number of aromatic nitrogens is 2. The average Bonchev–Trinajstić information content (AvgIpc) is 2.82. The smallest absolute Gasteiger partial charge is 0.237 e. The van der Waals surface area contributed by atoms with Crippen molar-refractivity contribution in [2.75, 3.05) is 0 Å². The Morgan fingerprint density at radius 3 is 2.95 bits per heavy atom. The number of halogens is 2. The summed E-state index contributed by atoms with van der Waals surface area (Å²) in [6, 6.07) is 3.99. The molecule has 21 heavy (non-hydrogen) atoms. The number of Topliss-reactive ketones (excluding diaryl/α,β-unsaturated/α-hetero) is 1. The average molecular weight is 309 g/mol. The third-order valence-corrected chi connectivity index (χ3v) is 4.03. The lowest BCUT2D eigenvalue weighted by Gasteiger charge is -2.06. The van der Waals surface area contributed by atoms with Gasteiger partial charge in [-0.15, -0.1) is 0 Å². The van der Waals surface area contributed by atoms with Gasteiger partial charge in [-0.25, -0.2) is 4.39 Å². The Hall–Kier alpha value is -1.75. The molecule has 3 rings (SSSR count). The first-order chi connectivity index (χ1) is 10.1. The van der Waals surface area contributed by atoms with Crippen LogP contribution in [0.4, 0.5) is 4.39 Å². The molecular formula is C15H14ClFN2O2. The Kier molecular flexibility index (Phi) is 4.01. The monoisotopic (exact) mass is 308 g/mol. The second-order valence-corrected chi connectivity index (χ2v) is 5.61. The normalized spacial score (nSPS) is 19.5. The van der Waals surface area contributed by atoms with E-state index in [0.717, 1.165) is 25.7 Å². The number of carbonyl (C=O) groups is 1. The quantitative estimate of drug-likeness (QED) is 0.782. The summed E-state index contributed by atoms with van der Waals surface area (Å²) >= 11 is 5.99. The van der Waals surface area contributed by atoms with Gasteiger partial charge in [0.2, 0.25) is 11.7 Å². The molecule has 0 spiro atoms. The first-order valence-electron chi connectivity index (χ1n) is 6.97. The molecule has 0 N–H and O–H groups in total. The van der Waals surface area contributed by atoms with Crippen LogP contribution < -0.4 is 0 Å². The largest absolute Gasteiger partial charge is 0.338 e. The SMILES string of the molecule is O=C1CCCCCC1c1nc(-c2ccc(F)cc2Cl)no1. The topological polar surface area (TPSA) is 56.0 Å². The molecule has 0 saturated heterocycles. The van der Waals surface area contributed by atoms with Gasteiger partial charge in [-0.1, -0.05) is 29.6 Å². The Morgan fingerprint density at radius 1 is 1.29 bits per heavy atom. The van der Waals surface area contributed by atoms with E-state index < -0.39 is 5.82 Å². The van der Waals surface area contributed by atoms with E-state index in [9.17, 15) is 9.18 Å². The Labute approximate surface area is 126 Å². The zero-order valence-corrected chi connectivity index (χ0v) is 12.1. The van der Waals surface area contributed by atoms with Crippen molar-refractivity contribution in [1.82, 2.24) is 10.1 Å². The number of hydrogen-bond acceptors (Lipinski definition) is 4. The molecule has 2 aromatic rings. The van der Waals surface area contributed by atoms with Crippen molar-refractivity contribution >= 4 is 17.4 Å². The van der Waals surface area contributed by atoms with Gasteiger partial charge in [0.15, 0.2) is 0 Å². The van der Waals surface area contributed by atoms with Crippen molar-refractivity contribution in [2.24, 2.45) is 0 Å². The van der Waals surface area contributed by atoms with Gasteiger partial charge >= 0.3 is 0 Å². The number of benzene rings is 1. The number of nitrogens with zero attached hydrogens (tertiary/aromatic N) is 2. The number of carbonyl (C=O) groups excluding carboxylic acids is 1. The molecule has 1 atom stereocenters. The summed E-state index contributed by atoms with van der Waals surface area (Å²) in [6.45, 7) is 0. The van der Waals surface area contributed by atoms with Crippen LogP contribution in [-0.4, -0.2) is 15.9 Å². The van der Waals surface area contributed by atoms with Gasteiger partial charge in [-0.3, -0.25) is 4.79 Å². The van der Waals surface area contributed by atoms with Crippen molar-refractivity contribution < 1.29 is 13.7 Å². The second-order valence-electron chi connectivity index (χ2n) is 5.20. The van der Waals surface area contributed by atoms with Gasteiger partial charge in [-0.05, 0) is 31.0 Å². The summed E-state index contributed by atoms with van der Waals surface area (Å²) in [6.07, 6.45) is 4.23. The highest BCUT2D eigenvalue weighted by atomic mass is 35.5. The van der Waals surface area contributed by atoms with E-state index in [4.69, 9.17) is 16.1 Å². The van der Waals surface area contributed by atoms with Crippen molar-refractivity contribution in [3.8, 4) is 11.4 Å². The molecule has 1 fully saturated rings. The zero-order chi connectivity index (χ0) is 14.8. The van der Waals surface area contributed by atoms with Crippen molar-refractivity contribution in [2.45, 2.75) is 38.0 Å². The van der Waals surface area contributed by atoms with Crippen LogP contribution in [0.5, 0.6) is 0 Å². The number of hydrogen-bond donors (Lipinski definition) is 0. The van der Waals surface area contributed by atoms with Crippen LogP contribution in [0.25, 0.3) is 11.4 Å². The maximum atomic E-state index is 13.1. The van der Waals surface area contributed by atoms with Crippen molar-refractivity contribution in [3.05, 3.63) is 34.9 Å². The lowest BCUT2D eigenvalue weighted by atomic mass is 9.99. The van der Waals surface area contributed by atoms with E-state index in [2.05, 4.69) is 10.1 Å². The summed E-state index contributed by atoms with van der Waals surface area (Å²) in [4.78, 5) is 16.3. The molecule has 6 heteroatoms. The molecule has 1 aliphatic rings. The molecule has 4 nitrogen and oxygen atoms in total. The van der Waals surface area contributed by atoms with Gasteiger partial charge in [0.25, 0.3) is 0 Å². The molecule has 1 heterocycles. The van der Waals surface area contributed by atoms with Crippen LogP contribution in [0.3, 0.4) is 0 Å². The minimum absolute atomic E-state index is 0.146. The first kappa shape index (κ1) is 14.2. The highest BCUT2D eigenvalue weighted by Gasteiger charge is 2.28. The van der Waals surface area contributed by atoms with E-state index in [1.807, 2.05) is 0 Å². The van der Waals surface area contributed by atoms with Crippen LogP contribution in [0.1, 0.15) is 43.9 Å². The summed E-state index contributed by atoms with van der Waals surface area (Å²) in [5.74, 6) is 0.0108. The molecule has 1 saturated carbocycles. The molecular weight excluding hydrogens is 295 g/mol. The minimum atomic E-state index is -0.425. The van der Waals surface area contributed by atoms with Gasteiger partial charge in [0.1, 0.15) is 11.6 Å². The van der Waals surface area contributed by atoms with E-state index in [-0.39, 0.29) is 22.5 Å². The molecule has 0 amide bonds. The second kappa shape index (κ2) is 5.93. The van der Waals surface area contributed by atoms with Gasteiger partial charge in [0.05, 0.1) is 10.9 Å².